The Labute approximate surface area is 135 Å². The first-order valence-electron chi connectivity index (χ1n) is 6.68. The van der Waals surface area contributed by atoms with Crippen LogP contribution in [0.3, 0.4) is 0 Å². The van der Waals surface area contributed by atoms with Crippen LogP contribution in [-0.2, 0) is 0 Å². The summed E-state index contributed by atoms with van der Waals surface area (Å²) in [6.45, 7) is 1.99. The van der Waals surface area contributed by atoms with Gasteiger partial charge in [-0.1, -0.05) is 12.1 Å². The monoisotopic (exact) mass is 356 g/mol. The van der Waals surface area contributed by atoms with Gasteiger partial charge in [0.05, 0.1) is 17.1 Å². The third-order valence-electron chi connectivity index (χ3n) is 3.13. The number of aromatic amines is 1. The van der Waals surface area contributed by atoms with Gasteiger partial charge in [0.25, 0.3) is 5.91 Å². The Balaban J connectivity index is 1.85. The molecule has 0 aliphatic rings. The fourth-order valence-corrected chi connectivity index (χ4v) is 2.61. The SMILES string of the molecule is Cc1ccc(NC(=O)c2cccc(-c3ccn[nH]3)n2)c(Br)c1. The second-order valence-corrected chi connectivity index (χ2v) is 5.67. The van der Waals surface area contributed by atoms with Gasteiger partial charge >= 0.3 is 0 Å². The van der Waals surface area contributed by atoms with E-state index in [1.54, 1.807) is 24.4 Å². The minimum atomic E-state index is -0.258. The molecule has 3 rings (SSSR count). The first kappa shape index (κ1) is 14.5. The molecule has 0 atom stereocenters. The first-order valence-corrected chi connectivity index (χ1v) is 7.47. The van der Waals surface area contributed by atoms with Gasteiger partial charge in [-0.25, -0.2) is 4.98 Å². The summed E-state index contributed by atoms with van der Waals surface area (Å²) in [6, 6.07) is 12.8. The van der Waals surface area contributed by atoms with Crippen molar-refractivity contribution in [1.29, 1.82) is 0 Å². The van der Waals surface area contributed by atoms with Crippen LogP contribution < -0.4 is 5.32 Å². The van der Waals surface area contributed by atoms with Crippen LogP contribution in [0, 0.1) is 6.92 Å². The molecule has 0 saturated carbocycles. The van der Waals surface area contributed by atoms with Crippen molar-refractivity contribution in [2.75, 3.05) is 5.32 Å². The summed E-state index contributed by atoms with van der Waals surface area (Å²) in [6.07, 6.45) is 1.65. The Morgan fingerprint density at radius 2 is 2.09 bits per heavy atom. The minimum absolute atomic E-state index is 0.258. The van der Waals surface area contributed by atoms with Crippen LogP contribution in [0.1, 0.15) is 16.1 Å². The predicted molar refractivity (Wildman–Crippen MR) is 88.7 cm³/mol. The average molecular weight is 357 g/mol. The Kier molecular flexibility index (Phi) is 4.02. The molecule has 2 N–H and O–H groups in total. The number of aryl methyl sites for hydroxylation is 1. The number of anilines is 1. The molecule has 0 spiro atoms. The molecular formula is C16H13BrN4O. The lowest BCUT2D eigenvalue weighted by molar-refractivity contribution is 0.102. The number of amides is 1. The van der Waals surface area contributed by atoms with Crippen molar-refractivity contribution < 1.29 is 4.79 Å². The molecule has 2 aromatic heterocycles. The fraction of sp³-hybridized carbons (Fsp3) is 0.0625. The molecule has 3 aromatic rings. The van der Waals surface area contributed by atoms with E-state index in [1.165, 1.54) is 0 Å². The standard InChI is InChI=1S/C16H13BrN4O/c1-10-5-6-12(11(17)9-10)20-16(22)15-4-2-3-13(19-15)14-7-8-18-21-14/h2-9H,1H3,(H,18,21)(H,20,22). The summed E-state index contributed by atoms with van der Waals surface area (Å²) >= 11 is 3.45. The van der Waals surface area contributed by atoms with Crippen LogP contribution in [0.4, 0.5) is 5.69 Å². The molecule has 1 aromatic carbocycles. The maximum Gasteiger partial charge on any atom is 0.274 e. The molecule has 0 fully saturated rings. The number of hydrogen-bond donors (Lipinski definition) is 2. The highest BCUT2D eigenvalue weighted by Gasteiger charge is 2.11. The van der Waals surface area contributed by atoms with Crippen LogP contribution in [0.5, 0.6) is 0 Å². The molecule has 0 aliphatic heterocycles. The summed E-state index contributed by atoms with van der Waals surface area (Å²) in [4.78, 5) is 16.7. The van der Waals surface area contributed by atoms with Gasteiger partial charge in [-0.2, -0.15) is 5.10 Å². The zero-order chi connectivity index (χ0) is 15.5. The van der Waals surface area contributed by atoms with Gasteiger partial charge in [-0.05, 0) is 58.7 Å². The van der Waals surface area contributed by atoms with E-state index in [0.717, 1.165) is 15.7 Å². The second kappa shape index (κ2) is 6.11. The molecule has 0 radical (unpaired) electrons. The third kappa shape index (κ3) is 3.07. The molecule has 110 valence electrons. The van der Waals surface area contributed by atoms with E-state index in [4.69, 9.17) is 0 Å². The van der Waals surface area contributed by atoms with E-state index >= 15 is 0 Å². The Morgan fingerprint density at radius 3 is 2.82 bits per heavy atom. The summed E-state index contributed by atoms with van der Waals surface area (Å²) in [7, 11) is 0. The Bertz CT molecular complexity index is 815. The number of carbonyl (C=O) groups is 1. The highest BCUT2D eigenvalue weighted by molar-refractivity contribution is 9.10. The predicted octanol–water partition coefficient (Wildman–Crippen LogP) is 3.79. The van der Waals surface area contributed by atoms with E-state index in [2.05, 4.69) is 36.4 Å². The molecule has 1 amide bonds. The van der Waals surface area contributed by atoms with Gasteiger partial charge in [0.1, 0.15) is 5.69 Å². The second-order valence-electron chi connectivity index (χ2n) is 4.82. The first-order chi connectivity index (χ1) is 10.6. The van der Waals surface area contributed by atoms with E-state index in [1.807, 2.05) is 31.2 Å². The highest BCUT2D eigenvalue weighted by atomic mass is 79.9. The van der Waals surface area contributed by atoms with Crippen LogP contribution in [0.25, 0.3) is 11.4 Å². The number of nitrogens with one attached hydrogen (secondary N) is 2. The van der Waals surface area contributed by atoms with Crippen molar-refractivity contribution in [3.05, 3.63) is 64.4 Å². The van der Waals surface area contributed by atoms with Gasteiger partial charge in [-0.3, -0.25) is 9.89 Å². The fourth-order valence-electron chi connectivity index (χ4n) is 2.02. The number of carbonyl (C=O) groups excluding carboxylic acids is 1. The third-order valence-corrected chi connectivity index (χ3v) is 3.79. The van der Waals surface area contributed by atoms with Gasteiger partial charge < -0.3 is 5.32 Å². The largest absolute Gasteiger partial charge is 0.320 e. The van der Waals surface area contributed by atoms with Crippen LogP contribution in [0.2, 0.25) is 0 Å². The van der Waals surface area contributed by atoms with Crippen molar-refractivity contribution in [1.82, 2.24) is 15.2 Å². The van der Waals surface area contributed by atoms with Gasteiger partial charge in [0.15, 0.2) is 0 Å². The van der Waals surface area contributed by atoms with E-state index in [-0.39, 0.29) is 5.91 Å². The topological polar surface area (TPSA) is 70.7 Å². The summed E-state index contributed by atoms with van der Waals surface area (Å²) in [5.74, 6) is -0.258. The normalized spacial score (nSPS) is 10.5. The number of nitrogens with zero attached hydrogens (tertiary/aromatic N) is 2. The molecule has 6 heteroatoms. The quantitative estimate of drug-likeness (QED) is 0.749. The lowest BCUT2D eigenvalue weighted by atomic mass is 10.2. The lowest BCUT2D eigenvalue weighted by Crippen LogP contribution is -2.14. The Morgan fingerprint density at radius 1 is 1.23 bits per heavy atom. The van der Waals surface area contributed by atoms with Gasteiger partial charge in [0.2, 0.25) is 0 Å². The highest BCUT2D eigenvalue weighted by Crippen LogP contribution is 2.24. The van der Waals surface area contributed by atoms with Crippen molar-refractivity contribution in [3.8, 4) is 11.4 Å². The number of aromatic nitrogens is 3. The van der Waals surface area contributed by atoms with Gasteiger partial charge in [0, 0.05) is 10.7 Å². The molecule has 22 heavy (non-hydrogen) atoms. The number of H-pyrrole nitrogens is 1. The van der Waals surface area contributed by atoms with E-state index < -0.39 is 0 Å². The average Bonchev–Trinajstić information content (AvgIpc) is 3.04. The summed E-state index contributed by atoms with van der Waals surface area (Å²) < 4.78 is 0.838. The summed E-state index contributed by atoms with van der Waals surface area (Å²) in [5.41, 5.74) is 3.62. The number of hydrogen-bond acceptors (Lipinski definition) is 3. The molecule has 0 saturated heterocycles. The van der Waals surface area contributed by atoms with Crippen molar-refractivity contribution in [2.24, 2.45) is 0 Å². The lowest BCUT2D eigenvalue weighted by Gasteiger charge is -2.08. The summed E-state index contributed by atoms with van der Waals surface area (Å²) in [5, 5.41) is 9.57. The maximum atomic E-state index is 12.4. The molecule has 0 unspecified atom stereocenters. The Hall–Kier alpha value is -2.47. The number of pyridine rings is 1. The van der Waals surface area contributed by atoms with Crippen LogP contribution >= 0.6 is 15.9 Å². The molecule has 5 nitrogen and oxygen atoms in total. The zero-order valence-corrected chi connectivity index (χ0v) is 13.4. The number of benzene rings is 1. The molecule has 0 bridgehead atoms. The van der Waals surface area contributed by atoms with Crippen LogP contribution in [-0.4, -0.2) is 21.1 Å². The molecule has 2 heterocycles. The molecule has 0 aliphatic carbocycles. The van der Waals surface area contributed by atoms with Gasteiger partial charge in [-0.15, -0.1) is 0 Å². The molecular weight excluding hydrogens is 344 g/mol. The van der Waals surface area contributed by atoms with Crippen LogP contribution in [0.15, 0.2) is 53.1 Å². The van der Waals surface area contributed by atoms with Crippen molar-refractivity contribution >= 4 is 27.5 Å². The van der Waals surface area contributed by atoms with Crippen molar-refractivity contribution in [2.45, 2.75) is 6.92 Å². The smallest absolute Gasteiger partial charge is 0.274 e. The van der Waals surface area contributed by atoms with E-state index in [9.17, 15) is 4.79 Å². The number of rotatable bonds is 3. The van der Waals surface area contributed by atoms with E-state index in [0.29, 0.717) is 17.1 Å². The minimum Gasteiger partial charge on any atom is -0.320 e. The number of halogens is 1. The maximum absolute atomic E-state index is 12.4. The zero-order valence-electron chi connectivity index (χ0n) is 11.8. The van der Waals surface area contributed by atoms with Crippen molar-refractivity contribution in [3.63, 3.8) is 0 Å².